The van der Waals surface area contributed by atoms with Gasteiger partial charge < -0.3 is 10.4 Å². The van der Waals surface area contributed by atoms with E-state index < -0.39 is 0 Å². The quantitative estimate of drug-likeness (QED) is 0.853. The van der Waals surface area contributed by atoms with Gasteiger partial charge in [-0.05, 0) is 52.9 Å². The van der Waals surface area contributed by atoms with Gasteiger partial charge in [-0.1, -0.05) is 31.4 Å². The fourth-order valence-corrected chi connectivity index (χ4v) is 3.51. The minimum atomic E-state index is -0.165. The first-order valence-electron chi connectivity index (χ1n) is 6.45. The van der Waals surface area contributed by atoms with Crippen molar-refractivity contribution in [2.45, 2.75) is 38.1 Å². The van der Waals surface area contributed by atoms with Gasteiger partial charge >= 0.3 is 0 Å². The van der Waals surface area contributed by atoms with E-state index in [1.165, 1.54) is 12.8 Å². The Morgan fingerprint density at radius 2 is 2.33 bits per heavy atom. The number of halogens is 2. The maximum absolute atomic E-state index is 9.80. The summed E-state index contributed by atoms with van der Waals surface area (Å²) in [5, 5.41) is 14.0. The van der Waals surface area contributed by atoms with Crippen molar-refractivity contribution in [1.29, 1.82) is 0 Å². The Morgan fingerprint density at radius 1 is 1.56 bits per heavy atom. The number of hydrogen-bond donors (Lipinski definition) is 2. The van der Waals surface area contributed by atoms with Gasteiger partial charge in [0.1, 0.15) is 0 Å². The molecule has 0 spiro atoms. The molecule has 2 rings (SSSR count). The molecule has 0 saturated heterocycles. The molecule has 1 aliphatic rings. The summed E-state index contributed by atoms with van der Waals surface area (Å²) in [6.07, 6.45) is 4.50. The van der Waals surface area contributed by atoms with Gasteiger partial charge in [-0.3, -0.25) is 0 Å². The predicted octanol–water partition coefficient (Wildman–Crippen LogP) is 4.46. The molecule has 0 heterocycles. The van der Waals surface area contributed by atoms with Crippen LogP contribution < -0.4 is 5.32 Å². The molecular weight excluding hydrogens is 314 g/mol. The number of benzene rings is 1. The average molecular weight is 333 g/mol. The van der Waals surface area contributed by atoms with Crippen LogP contribution in [0.15, 0.2) is 22.7 Å². The largest absolute Gasteiger partial charge is 0.394 e. The molecule has 0 radical (unpaired) electrons. The van der Waals surface area contributed by atoms with Gasteiger partial charge in [0.05, 0.1) is 17.2 Å². The molecule has 4 heteroatoms. The van der Waals surface area contributed by atoms with E-state index in [2.05, 4.69) is 28.2 Å². The molecule has 1 aromatic rings. The summed E-state index contributed by atoms with van der Waals surface area (Å²) in [5.41, 5.74) is 0.850. The minimum Gasteiger partial charge on any atom is -0.394 e. The van der Waals surface area contributed by atoms with Crippen molar-refractivity contribution < 1.29 is 5.11 Å². The highest BCUT2D eigenvalue weighted by Gasteiger charge is 2.41. The van der Waals surface area contributed by atoms with E-state index in [1.807, 2.05) is 18.2 Å². The van der Waals surface area contributed by atoms with Crippen LogP contribution in [0.4, 0.5) is 5.69 Å². The lowest BCUT2D eigenvalue weighted by molar-refractivity contribution is 0.174. The molecule has 0 aromatic heterocycles. The summed E-state index contributed by atoms with van der Waals surface area (Å²) in [4.78, 5) is 0. The maximum atomic E-state index is 9.80. The van der Waals surface area contributed by atoms with E-state index in [4.69, 9.17) is 11.6 Å². The summed E-state index contributed by atoms with van der Waals surface area (Å²) in [7, 11) is 0. The van der Waals surface area contributed by atoms with Crippen LogP contribution in [-0.2, 0) is 0 Å². The highest BCUT2D eigenvalue weighted by Crippen LogP contribution is 2.40. The molecule has 2 nitrogen and oxygen atoms in total. The topological polar surface area (TPSA) is 32.3 Å². The van der Waals surface area contributed by atoms with Crippen LogP contribution in [0.5, 0.6) is 0 Å². The fraction of sp³-hybridized carbons (Fsp3) is 0.571. The van der Waals surface area contributed by atoms with Crippen molar-refractivity contribution in [2.24, 2.45) is 5.92 Å². The second kappa shape index (κ2) is 5.81. The smallest absolute Gasteiger partial charge is 0.0664 e. The summed E-state index contributed by atoms with van der Waals surface area (Å²) >= 11 is 9.43. The standard InChI is InChI=1S/C14H19BrClNO/c1-2-10-4-3-7-14(10,9-18)17-11-5-6-13(16)12(15)8-11/h5-6,8,10,17-18H,2-4,7,9H2,1H3. The van der Waals surface area contributed by atoms with Gasteiger partial charge in [0.2, 0.25) is 0 Å². The second-order valence-corrected chi connectivity index (χ2v) is 6.33. The van der Waals surface area contributed by atoms with Gasteiger partial charge in [-0.15, -0.1) is 0 Å². The predicted molar refractivity (Wildman–Crippen MR) is 80.2 cm³/mol. The third-order valence-corrected chi connectivity index (χ3v) is 5.26. The first kappa shape index (κ1) is 14.2. The highest BCUT2D eigenvalue weighted by molar-refractivity contribution is 9.10. The lowest BCUT2D eigenvalue weighted by Crippen LogP contribution is -2.45. The molecule has 2 atom stereocenters. The zero-order chi connectivity index (χ0) is 13.2. The summed E-state index contributed by atoms with van der Waals surface area (Å²) < 4.78 is 0.883. The Kier molecular flexibility index (Phi) is 4.57. The van der Waals surface area contributed by atoms with Gasteiger partial charge in [0.25, 0.3) is 0 Å². The molecule has 1 saturated carbocycles. The summed E-state index contributed by atoms with van der Waals surface area (Å²) in [6, 6.07) is 5.81. The Morgan fingerprint density at radius 3 is 2.94 bits per heavy atom. The number of hydrogen-bond acceptors (Lipinski definition) is 2. The van der Waals surface area contributed by atoms with E-state index in [1.54, 1.807) is 0 Å². The van der Waals surface area contributed by atoms with Crippen LogP contribution in [-0.4, -0.2) is 17.3 Å². The highest BCUT2D eigenvalue weighted by atomic mass is 79.9. The average Bonchev–Trinajstić information content (AvgIpc) is 2.77. The summed E-state index contributed by atoms with van der Waals surface area (Å²) in [6.45, 7) is 2.38. The van der Waals surface area contributed by atoms with Crippen LogP contribution in [0.3, 0.4) is 0 Å². The molecule has 100 valence electrons. The number of rotatable bonds is 4. The number of aliphatic hydroxyl groups is 1. The van der Waals surface area contributed by atoms with E-state index >= 15 is 0 Å². The van der Waals surface area contributed by atoms with Crippen molar-refractivity contribution in [3.63, 3.8) is 0 Å². The Balaban J connectivity index is 2.22. The second-order valence-electron chi connectivity index (χ2n) is 5.07. The Labute approximate surface area is 122 Å². The fourth-order valence-electron chi connectivity index (χ4n) is 3.01. The Bertz CT molecular complexity index is 426. The van der Waals surface area contributed by atoms with Gasteiger partial charge in [0, 0.05) is 10.2 Å². The monoisotopic (exact) mass is 331 g/mol. The summed E-state index contributed by atoms with van der Waals surface area (Å²) in [5.74, 6) is 0.539. The van der Waals surface area contributed by atoms with Crippen molar-refractivity contribution in [2.75, 3.05) is 11.9 Å². The van der Waals surface area contributed by atoms with Crippen LogP contribution >= 0.6 is 27.5 Å². The van der Waals surface area contributed by atoms with E-state index in [9.17, 15) is 5.11 Å². The molecule has 1 fully saturated rings. The van der Waals surface area contributed by atoms with Gasteiger partial charge in [-0.25, -0.2) is 0 Å². The van der Waals surface area contributed by atoms with E-state index in [-0.39, 0.29) is 12.1 Å². The van der Waals surface area contributed by atoms with Crippen LogP contribution in [0.25, 0.3) is 0 Å². The third kappa shape index (κ3) is 2.68. The van der Waals surface area contributed by atoms with Crippen LogP contribution in [0.1, 0.15) is 32.6 Å². The number of nitrogens with one attached hydrogen (secondary N) is 1. The number of anilines is 1. The van der Waals surface area contributed by atoms with E-state index in [0.29, 0.717) is 10.9 Å². The molecule has 2 N–H and O–H groups in total. The SMILES string of the molecule is CCC1CCCC1(CO)Nc1ccc(Cl)c(Br)c1. The normalized spacial score (nSPS) is 27.4. The molecular formula is C14H19BrClNO. The molecule has 1 aliphatic carbocycles. The van der Waals surface area contributed by atoms with E-state index in [0.717, 1.165) is 23.0 Å². The maximum Gasteiger partial charge on any atom is 0.0664 e. The minimum absolute atomic E-state index is 0.165. The van der Waals surface area contributed by atoms with Crippen molar-refractivity contribution in [3.05, 3.63) is 27.7 Å². The van der Waals surface area contributed by atoms with Crippen LogP contribution in [0.2, 0.25) is 5.02 Å². The lowest BCUT2D eigenvalue weighted by Gasteiger charge is -2.35. The van der Waals surface area contributed by atoms with Crippen molar-refractivity contribution >= 4 is 33.2 Å². The molecule has 0 aliphatic heterocycles. The third-order valence-electron chi connectivity index (χ3n) is 4.04. The molecule has 1 aromatic carbocycles. The van der Waals surface area contributed by atoms with Gasteiger partial charge in [0.15, 0.2) is 0 Å². The van der Waals surface area contributed by atoms with Crippen molar-refractivity contribution in [3.8, 4) is 0 Å². The Hall–Kier alpha value is -0.250. The lowest BCUT2D eigenvalue weighted by atomic mass is 9.85. The molecule has 18 heavy (non-hydrogen) atoms. The van der Waals surface area contributed by atoms with Crippen molar-refractivity contribution in [1.82, 2.24) is 0 Å². The number of aliphatic hydroxyl groups excluding tert-OH is 1. The zero-order valence-corrected chi connectivity index (χ0v) is 12.9. The molecule has 0 amide bonds. The zero-order valence-electron chi connectivity index (χ0n) is 10.5. The van der Waals surface area contributed by atoms with Crippen LogP contribution in [0, 0.1) is 5.92 Å². The first-order valence-corrected chi connectivity index (χ1v) is 7.62. The van der Waals surface area contributed by atoms with Gasteiger partial charge in [-0.2, -0.15) is 0 Å². The molecule has 0 bridgehead atoms. The first-order chi connectivity index (χ1) is 8.61. The molecule has 2 unspecified atom stereocenters.